The zero-order valence-electron chi connectivity index (χ0n) is 14.7. The molecule has 1 saturated heterocycles. The van der Waals surface area contributed by atoms with Crippen molar-refractivity contribution in [1.29, 1.82) is 0 Å². The van der Waals surface area contributed by atoms with Crippen LogP contribution in [0.25, 0.3) is 0 Å². The highest BCUT2D eigenvalue weighted by molar-refractivity contribution is 5.45. The molecule has 1 aromatic rings. The van der Waals surface area contributed by atoms with Crippen LogP contribution in [0.5, 0.6) is 5.75 Å². The van der Waals surface area contributed by atoms with Crippen LogP contribution in [-0.2, 0) is 16.6 Å². The summed E-state index contributed by atoms with van der Waals surface area (Å²) in [5, 5.41) is 9.90. The van der Waals surface area contributed by atoms with Crippen LogP contribution in [0.4, 0.5) is 0 Å². The second kappa shape index (κ2) is 4.72. The number of phenolic OH excluding ortho intramolecular Hbond substituents is 1. The van der Waals surface area contributed by atoms with Crippen molar-refractivity contribution in [3.05, 3.63) is 29.3 Å². The number of methoxy groups -OCH3 is 1. The minimum Gasteiger partial charge on any atom is -0.508 e. The van der Waals surface area contributed by atoms with Gasteiger partial charge in [0.05, 0.1) is 0 Å². The average molecular weight is 303 g/mol. The maximum atomic E-state index is 9.90. The lowest BCUT2D eigenvalue weighted by molar-refractivity contribution is -0.180. The van der Waals surface area contributed by atoms with Gasteiger partial charge >= 0.3 is 0 Å². The van der Waals surface area contributed by atoms with Crippen molar-refractivity contribution in [1.82, 2.24) is 4.90 Å². The first-order valence-electron chi connectivity index (χ1n) is 8.28. The second-order valence-electron chi connectivity index (χ2n) is 8.21. The molecular weight excluding hydrogens is 274 g/mol. The van der Waals surface area contributed by atoms with E-state index in [1.807, 2.05) is 12.1 Å². The molecule has 1 aliphatic carbocycles. The van der Waals surface area contributed by atoms with Crippen LogP contribution in [0.3, 0.4) is 0 Å². The van der Waals surface area contributed by atoms with E-state index in [0.717, 1.165) is 19.4 Å². The van der Waals surface area contributed by atoms with E-state index in [-0.39, 0.29) is 16.6 Å². The van der Waals surface area contributed by atoms with Crippen LogP contribution < -0.4 is 0 Å². The fourth-order valence-electron chi connectivity index (χ4n) is 4.68. The highest BCUT2D eigenvalue weighted by atomic mass is 16.5. The number of hydrogen-bond donors (Lipinski definition) is 1. The third-order valence-electron chi connectivity index (χ3n) is 6.77. The number of ether oxygens (including phenoxy) is 1. The molecule has 0 saturated carbocycles. The number of rotatable bonds is 2. The van der Waals surface area contributed by atoms with Gasteiger partial charge in [-0.25, -0.2) is 0 Å². The topological polar surface area (TPSA) is 32.7 Å². The first-order chi connectivity index (χ1) is 10.1. The van der Waals surface area contributed by atoms with E-state index >= 15 is 0 Å². The average Bonchev–Trinajstić information content (AvgIpc) is 2.42. The smallest absolute Gasteiger partial charge is 0.115 e. The monoisotopic (exact) mass is 303 g/mol. The molecule has 0 aromatic heterocycles. The number of fused-ring (bicyclic) bond motifs is 4. The van der Waals surface area contributed by atoms with Crippen LogP contribution in [-0.4, -0.2) is 35.4 Å². The van der Waals surface area contributed by atoms with Crippen LogP contribution in [0.2, 0.25) is 0 Å². The number of piperidine rings is 1. The predicted molar refractivity (Wildman–Crippen MR) is 89.1 cm³/mol. The molecule has 2 atom stereocenters. The highest BCUT2D eigenvalue weighted by Gasteiger charge is 2.57. The van der Waals surface area contributed by atoms with Crippen molar-refractivity contribution in [2.24, 2.45) is 5.41 Å². The molecule has 3 rings (SSSR count). The van der Waals surface area contributed by atoms with E-state index in [9.17, 15) is 5.11 Å². The predicted octanol–water partition coefficient (Wildman–Crippen LogP) is 3.69. The van der Waals surface area contributed by atoms with Crippen molar-refractivity contribution in [3.63, 3.8) is 0 Å². The minimum absolute atomic E-state index is 0.138. The van der Waals surface area contributed by atoms with E-state index in [2.05, 4.69) is 45.6 Å². The summed E-state index contributed by atoms with van der Waals surface area (Å²) in [4.78, 5) is 2.52. The van der Waals surface area contributed by atoms with Gasteiger partial charge in [0.1, 0.15) is 11.5 Å². The Morgan fingerprint density at radius 3 is 2.59 bits per heavy atom. The fraction of sp³-hybridized carbons (Fsp3) is 0.684. The van der Waals surface area contributed by atoms with Crippen molar-refractivity contribution < 1.29 is 9.84 Å². The van der Waals surface area contributed by atoms with E-state index in [1.54, 1.807) is 7.11 Å². The zero-order valence-corrected chi connectivity index (χ0v) is 14.7. The Labute approximate surface area is 134 Å². The molecular formula is C19H29NO2. The van der Waals surface area contributed by atoms with Crippen LogP contribution in [0.1, 0.15) is 52.2 Å². The van der Waals surface area contributed by atoms with E-state index in [4.69, 9.17) is 4.74 Å². The largest absolute Gasteiger partial charge is 0.508 e. The third kappa shape index (κ3) is 1.95. The Bertz CT molecular complexity index is 593. The highest BCUT2D eigenvalue weighted by Crippen LogP contribution is 2.57. The summed E-state index contributed by atoms with van der Waals surface area (Å²) in [5.41, 5.74) is 2.74. The summed E-state index contributed by atoms with van der Waals surface area (Å²) in [7, 11) is 1.80. The van der Waals surface area contributed by atoms with Crippen LogP contribution in [0, 0.1) is 5.41 Å². The summed E-state index contributed by atoms with van der Waals surface area (Å²) >= 11 is 0. The molecule has 2 aliphatic rings. The Hall–Kier alpha value is -1.06. The standard InChI is InChI=1S/C19H29NO2/c1-17(2)16-12-13-11-14(21)7-8-15(13)19(17,5)9-10-20(16)18(3,4)22-6/h7-8,11,16,21H,9-10,12H2,1-6H3. The van der Waals surface area contributed by atoms with Gasteiger partial charge in [0.2, 0.25) is 0 Å². The summed E-state index contributed by atoms with van der Waals surface area (Å²) in [6.45, 7) is 12.5. The molecule has 3 heteroatoms. The SMILES string of the molecule is COC(C)(C)N1CCC2(C)c3ccc(O)cc3CC1C2(C)C. The lowest BCUT2D eigenvalue weighted by Gasteiger charge is -2.63. The fourth-order valence-corrected chi connectivity index (χ4v) is 4.68. The molecule has 2 unspecified atom stereocenters. The molecule has 0 spiro atoms. The zero-order chi connectivity index (χ0) is 16.3. The van der Waals surface area contributed by atoms with Crippen LogP contribution >= 0.6 is 0 Å². The Kier molecular flexibility index (Phi) is 3.39. The minimum atomic E-state index is -0.266. The number of phenols is 1. The summed E-state index contributed by atoms with van der Waals surface area (Å²) < 4.78 is 5.78. The second-order valence-corrected chi connectivity index (χ2v) is 8.21. The Balaban J connectivity index is 2.13. The molecule has 122 valence electrons. The van der Waals surface area contributed by atoms with Gasteiger partial charge in [0.15, 0.2) is 0 Å². The summed E-state index contributed by atoms with van der Waals surface area (Å²) in [5.74, 6) is 0.373. The molecule has 3 nitrogen and oxygen atoms in total. The van der Waals surface area contributed by atoms with Gasteiger partial charge < -0.3 is 9.84 Å². The van der Waals surface area contributed by atoms with Crippen molar-refractivity contribution in [2.75, 3.05) is 13.7 Å². The Morgan fingerprint density at radius 1 is 1.27 bits per heavy atom. The van der Waals surface area contributed by atoms with E-state index in [1.165, 1.54) is 11.1 Å². The first kappa shape index (κ1) is 15.8. The van der Waals surface area contributed by atoms with Gasteiger partial charge in [-0.3, -0.25) is 4.90 Å². The van der Waals surface area contributed by atoms with E-state index < -0.39 is 0 Å². The van der Waals surface area contributed by atoms with Gasteiger partial charge in [-0.2, -0.15) is 0 Å². The molecule has 1 aromatic carbocycles. The van der Waals surface area contributed by atoms with Gasteiger partial charge in [0.25, 0.3) is 0 Å². The maximum Gasteiger partial charge on any atom is 0.115 e. The molecule has 1 fully saturated rings. The lowest BCUT2D eigenvalue weighted by Crippen LogP contribution is -2.68. The first-order valence-corrected chi connectivity index (χ1v) is 8.28. The molecule has 22 heavy (non-hydrogen) atoms. The van der Waals surface area contributed by atoms with Crippen LogP contribution in [0.15, 0.2) is 18.2 Å². The molecule has 0 radical (unpaired) electrons. The van der Waals surface area contributed by atoms with Gasteiger partial charge in [-0.15, -0.1) is 0 Å². The molecule has 1 N–H and O–H groups in total. The number of aromatic hydroxyl groups is 1. The molecule has 1 aliphatic heterocycles. The van der Waals surface area contributed by atoms with Gasteiger partial charge in [-0.1, -0.05) is 26.8 Å². The Morgan fingerprint density at radius 2 is 1.95 bits per heavy atom. The van der Waals surface area contributed by atoms with Crippen molar-refractivity contribution >= 4 is 0 Å². The van der Waals surface area contributed by atoms with Crippen molar-refractivity contribution in [2.45, 2.75) is 64.6 Å². The number of nitrogens with zero attached hydrogens (tertiary/aromatic N) is 1. The summed E-state index contributed by atoms with van der Waals surface area (Å²) in [6, 6.07) is 6.35. The summed E-state index contributed by atoms with van der Waals surface area (Å²) in [6.07, 6.45) is 2.08. The lowest BCUT2D eigenvalue weighted by atomic mass is 9.51. The van der Waals surface area contributed by atoms with Gasteiger partial charge in [0, 0.05) is 25.1 Å². The number of benzene rings is 1. The normalized spacial score (nSPS) is 30.9. The molecule has 2 bridgehead atoms. The van der Waals surface area contributed by atoms with Gasteiger partial charge in [-0.05, 0) is 55.4 Å². The number of likely N-dealkylation sites (tertiary alicyclic amines) is 1. The maximum absolute atomic E-state index is 9.90. The number of hydrogen-bond acceptors (Lipinski definition) is 3. The van der Waals surface area contributed by atoms with Crippen molar-refractivity contribution in [3.8, 4) is 5.75 Å². The third-order valence-corrected chi connectivity index (χ3v) is 6.77. The molecule has 0 amide bonds. The molecule has 1 heterocycles. The quantitative estimate of drug-likeness (QED) is 0.904. The van der Waals surface area contributed by atoms with E-state index in [0.29, 0.717) is 11.8 Å².